The molecule has 0 unspecified atom stereocenters. The van der Waals surface area contributed by atoms with Crippen LogP contribution in [0, 0.1) is 0 Å². The summed E-state index contributed by atoms with van der Waals surface area (Å²) in [5, 5.41) is 0. The summed E-state index contributed by atoms with van der Waals surface area (Å²) in [4.78, 5) is 18.2. The predicted molar refractivity (Wildman–Crippen MR) is 74.5 cm³/mol. The van der Waals surface area contributed by atoms with Gasteiger partial charge in [0, 0.05) is 38.3 Å². The summed E-state index contributed by atoms with van der Waals surface area (Å²) in [6.45, 7) is 4.58. The van der Waals surface area contributed by atoms with Gasteiger partial charge >= 0.3 is 0 Å². The number of aryl methyl sites for hydroxylation is 1. The highest BCUT2D eigenvalue weighted by molar-refractivity contribution is 5.76. The standard InChI is InChI=1S/C14H24N4O/c1-2-12(15)13-10-16-11-18(13)9-6-14(19)17-7-4-3-5-8-17/h10-12H,2-9,15H2,1H3/t12-/m1/s1. The Labute approximate surface area is 114 Å². The SMILES string of the molecule is CC[C@@H](N)c1cncn1CCC(=O)N1CCCCC1. The molecule has 0 aliphatic carbocycles. The van der Waals surface area contributed by atoms with Crippen LogP contribution in [0.25, 0.3) is 0 Å². The molecule has 1 atom stereocenters. The van der Waals surface area contributed by atoms with E-state index in [1.54, 1.807) is 12.5 Å². The van der Waals surface area contributed by atoms with Crippen LogP contribution >= 0.6 is 0 Å². The molecule has 1 aromatic rings. The zero-order valence-electron chi connectivity index (χ0n) is 11.7. The van der Waals surface area contributed by atoms with Gasteiger partial charge in [0.2, 0.25) is 5.91 Å². The number of amides is 1. The smallest absolute Gasteiger partial charge is 0.224 e. The summed E-state index contributed by atoms with van der Waals surface area (Å²) in [6, 6.07) is 0.00703. The molecular formula is C14H24N4O. The van der Waals surface area contributed by atoms with Crippen LogP contribution in [-0.2, 0) is 11.3 Å². The molecule has 106 valence electrons. The number of carbonyl (C=O) groups excluding carboxylic acids is 1. The third kappa shape index (κ3) is 3.56. The molecular weight excluding hydrogens is 240 g/mol. The minimum atomic E-state index is 0.00703. The van der Waals surface area contributed by atoms with Gasteiger partial charge in [-0.1, -0.05) is 6.92 Å². The largest absolute Gasteiger partial charge is 0.343 e. The quantitative estimate of drug-likeness (QED) is 0.880. The minimum Gasteiger partial charge on any atom is -0.343 e. The Morgan fingerprint density at radius 3 is 2.84 bits per heavy atom. The first kappa shape index (κ1) is 14.1. The molecule has 1 saturated heterocycles. The summed E-state index contributed by atoms with van der Waals surface area (Å²) in [7, 11) is 0. The molecule has 2 rings (SSSR count). The van der Waals surface area contributed by atoms with Crippen LogP contribution in [0.3, 0.4) is 0 Å². The van der Waals surface area contributed by atoms with Gasteiger partial charge in [-0.2, -0.15) is 0 Å². The average Bonchev–Trinajstić information content (AvgIpc) is 2.93. The van der Waals surface area contributed by atoms with Crippen LogP contribution < -0.4 is 5.73 Å². The van der Waals surface area contributed by atoms with Crippen molar-refractivity contribution in [3.8, 4) is 0 Å². The van der Waals surface area contributed by atoms with Crippen molar-refractivity contribution in [2.24, 2.45) is 5.73 Å². The third-order valence-electron chi connectivity index (χ3n) is 3.84. The van der Waals surface area contributed by atoms with E-state index in [9.17, 15) is 4.79 Å². The lowest BCUT2D eigenvalue weighted by molar-refractivity contribution is -0.132. The normalized spacial score (nSPS) is 17.5. The number of nitrogens with zero attached hydrogens (tertiary/aromatic N) is 3. The highest BCUT2D eigenvalue weighted by Crippen LogP contribution is 2.14. The van der Waals surface area contributed by atoms with Gasteiger partial charge < -0.3 is 15.2 Å². The maximum absolute atomic E-state index is 12.1. The molecule has 1 amide bonds. The van der Waals surface area contributed by atoms with Crippen molar-refractivity contribution >= 4 is 5.91 Å². The minimum absolute atomic E-state index is 0.00703. The molecule has 1 aliphatic rings. The second-order valence-electron chi connectivity index (χ2n) is 5.22. The van der Waals surface area contributed by atoms with Gasteiger partial charge in [-0.25, -0.2) is 4.98 Å². The predicted octanol–water partition coefficient (Wildman–Crippen LogP) is 1.70. The second kappa shape index (κ2) is 6.70. The summed E-state index contributed by atoms with van der Waals surface area (Å²) in [5.41, 5.74) is 7.05. The molecule has 19 heavy (non-hydrogen) atoms. The van der Waals surface area contributed by atoms with Crippen molar-refractivity contribution in [2.45, 2.75) is 51.6 Å². The van der Waals surface area contributed by atoms with Gasteiger partial charge in [-0.3, -0.25) is 4.79 Å². The fourth-order valence-corrected chi connectivity index (χ4v) is 2.55. The van der Waals surface area contributed by atoms with Crippen LogP contribution in [0.2, 0.25) is 0 Å². The van der Waals surface area contributed by atoms with E-state index in [0.29, 0.717) is 13.0 Å². The van der Waals surface area contributed by atoms with Crippen LogP contribution in [0.1, 0.15) is 50.8 Å². The highest BCUT2D eigenvalue weighted by Gasteiger charge is 2.17. The molecule has 5 heteroatoms. The van der Waals surface area contributed by atoms with E-state index in [1.165, 1.54) is 6.42 Å². The molecule has 0 spiro atoms. The molecule has 2 heterocycles. The van der Waals surface area contributed by atoms with E-state index in [0.717, 1.165) is 38.0 Å². The Kier molecular flexibility index (Phi) is 4.96. The lowest BCUT2D eigenvalue weighted by Crippen LogP contribution is -2.36. The van der Waals surface area contributed by atoms with E-state index in [2.05, 4.69) is 11.9 Å². The average molecular weight is 264 g/mol. The lowest BCUT2D eigenvalue weighted by Gasteiger charge is -2.27. The molecule has 2 N–H and O–H groups in total. The zero-order chi connectivity index (χ0) is 13.7. The van der Waals surface area contributed by atoms with Crippen molar-refractivity contribution in [1.29, 1.82) is 0 Å². The molecule has 0 aromatic carbocycles. The second-order valence-corrected chi connectivity index (χ2v) is 5.22. The van der Waals surface area contributed by atoms with Gasteiger partial charge in [0.1, 0.15) is 0 Å². The first-order valence-corrected chi connectivity index (χ1v) is 7.25. The molecule has 1 aliphatic heterocycles. The number of piperidine rings is 1. The monoisotopic (exact) mass is 264 g/mol. The number of rotatable bonds is 5. The molecule has 0 bridgehead atoms. The number of hydrogen-bond donors (Lipinski definition) is 1. The third-order valence-corrected chi connectivity index (χ3v) is 3.84. The summed E-state index contributed by atoms with van der Waals surface area (Å²) in [6.07, 6.45) is 8.53. The van der Waals surface area contributed by atoms with Crippen molar-refractivity contribution in [3.63, 3.8) is 0 Å². The molecule has 5 nitrogen and oxygen atoms in total. The first-order chi connectivity index (χ1) is 9.22. The summed E-state index contributed by atoms with van der Waals surface area (Å²) >= 11 is 0. The van der Waals surface area contributed by atoms with Crippen LogP contribution in [0.15, 0.2) is 12.5 Å². The lowest BCUT2D eigenvalue weighted by atomic mass is 10.1. The Hall–Kier alpha value is -1.36. The Morgan fingerprint density at radius 1 is 1.42 bits per heavy atom. The Morgan fingerprint density at radius 2 is 2.16 bits per heavy atom. The zero-order valence-corrected chi connectivity index (χ0v) is 11.7. The molecule has 0 radical (unpaired) electrons. The molecule has 1 fully saturated rings. The molecule has 1 aromatic heterocycles. The number of nitrogens with two attached hydrogens (primary N) is 1. The first-order valence-electron chi connectivity index (χ1n) is 7.25. The van der Waals surface area contributed by atoms with Gasteiger partial charge in [-0.05, 0) is 25.7 Å². The van der Waals surface area contributed by atoms with E-state index in [1.807, 2.05) is 9.47 Å². The maximum atomic E-state index is 12.1. The number of imidazole rings is 1. The van der Waals surface area contributed by atoms with Gasteiger partial charge in [-0.15, -0.1) is 0 Å². The van der Waals surface area contributed by atoms with E-state index in [4.69, 9.17) is 5.73 Å². The van der Waals surface area contributed by atoms with E-state index in [-0.39, 0.29) is 11.9 Å². The van der Waals surface area contributed by atoms with Gasteiger partial charge in [0.05, 0.1) is 12.0 Å². The van der Waals surface area contributed by atoms with E-state index < -0.39 is 0 Å². The fourth-order valence-electron chi connectivity index (χ4n) is 2.55. The van der Waals surface area contributed by atoms with Crippen molar-refractivity contribution in [1.82, 2.24) is 14.5 Å². The number of carbonyl (C=O) groups is 1. The topological polar surface area (TPSA) is 64.1 Å². The summed E-state index contributed by atoms with van der Waals surface area (Å²) in [5.74, 6) is 0.254. The van der Waals surface area contributed by atoms with Gasteiger partial charge in [0.25, 0.3) is 0 Å². The number of likely N-dealkylation sites (tertiary alicyclic amines) is 1. The summed E-state index contributed by atoms with van der Waals surface area (Å²) < 4.78 is 2.01. The Balaban J connectivity index is 1.88. The molecule has 0 saturated carbocycles. The van der Waals surface area contributed by atoms with Crippen LogP contribution in [-0.4, -0.2) is 33.4 Å². The van der Waals surface area contributed by atoms with Crippen molar-refractivity contribution < 1.29 is 4.79 Å². The number of hydrogen-bond acceptors (Lipinski definition) is 3. The van der Waals surface area contributed by atoms with E-state index >= 15 is 0 Å². The highest BCUT2D eigenvalue weighted by atomic mass is 16.2. The van der Waals surface area contributed by atoms with Crippen molar-refractivity contribution in [3.05, 3.63) is 18.2 Å². The Bertz CT molecular complexity index is 409. The maximum Gasteiger partial charge on any atom is 0.224 e. The van der Waals surface area contributed by atoms with Crippen LogP contribution in [0.5, 0.6) is 0 Å². The van der Waals surface area contributed by atoms with Crippen molar-refractivity contribution in [2.75, 3.05) is 13.1 Å². The van der Waals surface area contributed by atoms with Gasteiger partial charge in [0.15, 0.2) is 0 Å². The fraction of sp³-hybridized carbons (Fsp3) is 0.714. The van der Waals surface area contributed by atoms with Crippen LogP contribution in [0.4, 0.5) is 0 Å². The number of aromatic nitrogens is 2.